The van der Waals surface area contributed by atoms with E-state index in [1.165, 1.54) is 29.2 Å². The average molecular weight is 633 g/mol. The third-order valence-electron chi connectivity index (χ3n) is 9.05. The number of benzene rings is 2. The van der Waals surface area contributed by atoms with E-state index >= 15 is 8.42 Å². The second kappa shape index (κ2) is 11.1. The van der Waals surface area contributed by atoms with E-state index in [2.05, 4.69) is 0 Å². The molecule has 0 aliphatic carbocycles. The number of carbonyl (C=O) groups excluding carboxylic acids is 1. The maximum Gasteiger partial charge on any atom is 0.413 e. The molecule has 0 saturated carbocycles. The first-order chi connectivity index (χ1) is 20.8. The Morgan fingerprint density at radius 1 is 1.11 bits per heavy atom. The van der Waals surface area contributed by atoms with Crippen molar-refractivity contribution in [2.45, 2.75) is 80.4 Å². The smallest absolute Gasteiger partial charge is 0.413 e. The number of ether oxygens (including phenoxy) is 6. The van der Waals surface area contributed by atoms with Gasteiger partial charge in [0.2, 0.25) is 21.6 Å². The van der Waals surface area contributed by atoms with Gasteiger partial charge in [-0.1, -0.05) is 26.0 Å². The van der Waals surface area contributed by atoms with Gasteiger partial charge in [0.15, 0.2) is 17.8 Å². The molecular weight excluding hydrogens is 592 g/mol. The number of amides is 1. The van der Waals surface area contributed by atoms with E-state index in [4.69, 9.17) is 34.2 Å². The van der Waals surface area contributed by atoms with Gasteiger partial charge >= 0.3 is 6.09 Å². The minimum absolute atomic E-state index is 0.00482. The molecule has 0 bridgehead atoms. The molecule has 4 aliphatic heterocycles. The number of fused-ring (bicyclic) bond motifs is 2. The molecule has 6 rings (SSSR count). The third kappa shape index (κ3) is 4.80. The van der Waals surface area contributed by atoms with Crippen LogP contribution in [0.3, 0.4) is 0 Å². The highest BCUT2D eigenvalue weighted by molar-refractivity contribution is 7.92. The lowest BCUT2D eigenvalue weighted by Gasteiger charge is -2.47. The van der Waals surface area contributed by atoms with E-state index in [0.29, 0.717) is 30.1 Å². The molecule has 44 heavy (non-hydrogen) atoms. The first-order valence-corrected chi connectivity index (χ1v) is 16.4. The van der Waals surface area contributed by atoms with Crippen LogP contribution in [0.2, 0.25) is 0 Å². The fraction of sp³-hybridized carbons (Fsp3) is 0.581. The molecule has 3 fully saturated rings. The first kappa shape index (κ1) is 30.9. The van der Waals surface area contributed by atoms with Gasteiger partial charge in [-0.3, -0.25) is 4.90 Å². The van der Waals surface area contributed by atoms with E-state index in [9.17, 15) is 9.90 Å². The molecule has 0 unspecified atom stereocenters. The maximum atomic E-state index is 15.1. The number of phenolic OH excluding ortho intramolecular Hbond substituents is 1. The number of sulfone groups is 1. The van der Waals surface area contributed by atoms with Crippen LogP contribution in [0.4, 0.5) is 4.79 Å². The number of carbonyl (C=O) groups is 1. The molecule has 3 saturated heterocycles. The van der Waals surface area contributed by atoms with Crippen molar-refractivity contribution in [1.82, 2.24) is 4.90 Å². The summed E-state index contributed by atoms with van der Waals surface area (Å²) in [6.45, 7) is 7.46. The van der Waals surface area contributed by atoms with Crippen LogP contribution in [-0.4, -0.2) is 79.7 Å². The van der Waals surface area contributed by atoms with E-state index in [1.807, 2.05) is 13.8 Å². The molecule has 4 aliphatic rings. The monoisotopic (exact) mass is 632 g/mol. The SMILES string of the molecule is CC(C)C[C@]1(S(=O)(=O)c2ccc3c(c2)OCO3)OC(C)(C)N(C(=O)O[C@H]2CO[C@H]3OCC[C@H]32)[C@]1(CN)Cc1ccc(O)cc1. The van der Waals surface area contributed by atoms with E-state index in [-0.39, 0.29) is 55.3 Å². The van der Waals surface area contributed by atoms with Crippen LogP contribution in [0.5, 0.6) is 17.2 Å². The van der Waals surface area contributed by atoms with Crippen molar-refractivity contribution in [2.24, 2.45) is 17.6 Å². The molecule has 12 nitrogen and oxygen atoms in total. The second-order valence-corrected chi connectivity index (χ2v) is 14.9. The molecule has 1 amide bonds. The molecule has 0 radical (unpaired) electrons. The number of nitrogens with zero attached hydrogens (tertiary/aromatic N) is 1. The molecule has 0 spiro atoms. The van der Waals surface area contributed by atoms with Gasteiger partial charge in [-0.2, -0.15) is 0 Å². The predicted octanol–water partition coefficient (Wildman–Crippen LogP) is 3.54. The number of hydrogen-bond acceptors (Lipinski definition) is 11. The van der Waals surface area contributed by atoms with E-state index in [1.54, 1.807) is 32.0 Å². The number of rotatable bonds is 8. The van der Waals surface area contributed by atoms with Crippen LogP contribution in [0, 0.1) is 11.8 Å². The largest absolute Gasteiger partial charge is 0.508 e. The number of nitrogens with two attached hydrogens (primary N) is 1. The van der Waals surface area contributed by atoms with Crippen molar-refractivity contribution in [2.75, 3.05) is 26.6 Å². The minimum Gasteiger partial charge on any atom is -0.508 e. The van der Waals surface area contributed by atoms with Crippen LogP contribution in [0.1, 0.15) is 46.1 Å². The lowest BCUT2D eigenvalue weighted by Crippen LogP contribution is -2.69. The van der Waals surface area contributed by atoms with Gasteiger partial charge < -0.3 is 39.3 Å². The van der Waals surface area contributed by atoms with Gasteiger partial charge in [0.05, 0.1) is 24.0 Å². The van der Waals surface area contributed by atoms with Crippen molar-refractivity contribution in [1.29, 1.82) is 0 Å². The zero-order valence-corrected chi connectivity index (χ0v) is 26.2. The molecule has 0 aromatic heterocycles. The molecule has 2 aromatic rings. The fourth-order valence-corrected chi connectivity index (χ4v) is 9.76. The molecule has 13 heteroatoms. The van der Waals surface area contributed by atoms with E-state index in [0.717, 1.165) is 0 Å². The Morgan fingerprint density at radius 2 is 1.84 bits per heavy atom. The number of phenols is 1. The Balaban J connectivity index is 1.52. The summed E-state index contributed by atoms with van der Waals surface area (Å²) < 4.78 is 65.4. The van der Waals surface area contributed by atoms with Crippen molar-refractivity contribution in [3.8, 4) is 17.2 Å². The van der Waals surface area contributed by atoms with Gasteiger partial charge in [-0.25, -0.2) is 13.2 Å². The minimum atomic E-state index is -4.43. The zero-order chi connectivity index (χ0) is 31.5. The quantitative estimate of drug-likeness (QED) is 0.439. The predicted molar refractivity (Wildman–Crippen MR) is 157 cm³/mol. The topological polar surface area (TPSA) is 156 Å². The summed E-state index contributed by atoms with van der Waals surface area (Å²) in [5.74, 6) is 0.446. The van der Waals surface area contributed by atoms with Crippen molar-refractivity contribution >= 4 is 15.9 Å². The highest BCUT2D eigenvalue weighted by Gasteiger charge is 2.74. The molecule has 4 heterocycles. The van der Waals surface area contributed by atoms with Crippen molar-refractivity contribution in [3.63, 3.8) is 0 Å². The highest BCUT2D eigenvalue weighted by Crippen LogP contribution is 2.56. The Morgan fingerprint density at radius 3 is 2.55 bits per heavy atom. The zero-order valence-electron chi connectivity index (χ0n) is 25.4. The standard InChI is InChI=1S/C31H40N2O10S/c1-19(2)14-31(44(36,37)22-9-10-24-25(13-22)41-18-40-24)30(17-32,15-20-5-7-21(34)8-6-20)33(29(3,4)43-31)28(35)42-26-16-39-27-23(26)11-12-38-27/h5-10,13,19,23,26-27,34H,11-12,14-18,32H2,1-4H3/t23-,26-,27+,30-,31+/m0/s1. The highest BCUT2D eigenvalue weighted by atomic mass is 32.2. The Labute approximate surface area is 257 Å². The lowest BCUT2D eigenvalue weighted by atomic mass is 9.80. The van der Waals surface area contributed by atoms with Gasteiger partial charge in [-0.15, -0.1) is 0 Å². The van der Waals surface area contributed by atoms with Gasteiger partial charge in [0, 0.05) is 19.0 Å². The van der Waals surface area contributed by atoms with Gasteiger partial charge in [0.25, 0.3) is 0 Å². The summed E-state index contributed by atoms with van der Waals surface area (Å²) in [4.78, 5) is 13.7. The summed E-state index contributed by atoms with van der Waals surface area (Å²) in [7, 11) is -4.43. The van der Waals surface area contributed by atoms with Gasteiger partial charge in [-0.05, 0) is 62.4 Å². The first-order valence-electron chi connectivity index (χ1n) is 14.9. The summed E-state index contributed by atoms with van der Waals surface area (Å²) in [6, 6.07) is 10.8. The fourth-order valence-electron chi connectivity index (χ4n) is 7.26. The Hall–Kier alpha value is -3.10. The molecule has 5 atom stereocenters. The number of aromatic hydroxyl groups is 1. The van der Waals surface area contributed by atoms with Crippen LogP contribution in [0.15, 0.2) is 47.4 Å². The van der Waals surface area contributed by atoms with Crippen LogP contribution < -0.4 is 15.2 Å². The summed E-state index contributed by atoms with van der Waals surface area (Å²) in [5, 5.41) is 10.00. The summed E-state index contributed by atoms with van der Waals surface area (Å²) in [5.41, 5.74) is 4.19. The summed E-state index contributed by atoms with van der Waals surface area (Å²) >= 11 is 0. The Bertz CT molecular complexity index is 1510. The Kier molecular flexibility index (Phi) is 7.77. The van der Waals surface area contributed by atoms with Crippen molar-refractivity contribution < 1.29 is 46.7 Å². The molecule has 3 N–H and O–H groups in total. The summed E-state index contributed by atoms with van der Waals surface area (Å²) in [6.07, 6.45) is -1.11. The third-order valence-corrected chi connectivity index (χ3v) is 11.4. The van der Waals surface area contributed by atoms with Crippen molar-refractivity contribution in [3.05, 3.63) is 48.0 Å². The molecule has 2 aromatic carbocycles. The normalized spacial score (nSPS) is 30.6. The molecular formula is C31H40N2O10S. The van der Waals surface area contributed by atoms with Crippen LogP contribution in [-0.2, 0) is 35.2 Å². The van der Waals surface area contributed by atoms with Gasteiger partial charge in [0.1, 0.15) is 23.1 Å². The van der Waals surface area contributed by atoms with Crippen LogP contribution in [0.25, 0.3) is 0 Å². The maximum absolute atomic E-state index is 15.1. The lowest BCUT2D eigenvalue weighted by molar-refractivity contribution is -0.0930. The molecule has 240 valence electrons. The second-order valence-electron chi connectivity index (χ2n) is 12.8. The number of hydrogen-bond donors (Lipinski definition) is 2. The van der Waals surface area contributed by atoms with E-state index < -0.39 is 44.5 Å². The average Bonchev–Trinajstić information content (AvgIpc) is 3.73. The van der Waals surface area contributed by atoms with Crippen LogP contribution >= 0.6 is 0 Å².